The molecule has 6 heteroatoms. The lowest BCUT2D eigenvalue weighted by Crippen LogP contribution is -2.36. The van der Waals surface area contributed by atoms with Crippen molar-refractivity contribution in [3.63, 3.8) is 0 Å². The Morgan fingerprint density at radius 1 is 1.23 bits per heavy atom. The Kier molecular flexibility index (Phi) is 6.44. The van der Waals surface area contributed by atoms with Crippen molar-refractivity contribution in [3.8, 4) is 5.75 Å². The molecule has 0 spiro atoms. The van der Waals surface area contributed by atoms with Crippen LogP contribution in [0, 0.1) is 0 Å². The maximum absolute atomic E-state index is 12.0. The standard InChI is InChI=1S/C20H25N3O3/c1-2-16-4-3-5-18(12-16)26-15-20(24)22-14-17-6-7-19(21-13-17)23-8-10-25-11-9-23/h3-7,12-13H,2,8-11,14-15H2,1H3,(H,22,24). The molecule has 2 heterocycles. The summed E-state index contributed by atoms with van der Waals surface area (Å²) in [5.41, 5.74) is 2.15. The molecule has 2 aromatic rings. The van der Waals surface area contributed by atoms with E-state index >= 15 is 0 Å². The first-order valence-corrected chi connectivity index (χ1v) is 9.00. The Morgan fingerprint density at radius 2 is 2.08 bits per heavy atom. The van der Waals surface area contributed by atoms with Gasteiger partial charge in [-0.3, -0.25) is 4.79 Å². The van der Waals surface area contributed by atoms with E-state index in [0.717, 1.165) is 49.9 Å². The zero-order valence-corrected chi connectivity index (χ0v) is 15.1. The van der Waals surface area contributed by atoms with E-state index in [0.29, 0.717) is 6.54 Å². The highest BCUT2D eigenvalue weighted by molar-refractivity contribution is 5.77. The number of ether oxygens (including phenoxy) is 2. The maximum Gasteiger partial charge on any atom is 0.258 e. The number of nitrogens with one attached hydrogen (secondary N) is 1. The second kappa shape index (κ2) is 9.20. The molecule has 0 bridgehead atoms. The third-order valence-electron chi connectivity index (χ3n) is 4.31. The average Bonchev–Trinajstić information content (AvgIpc) is 2.72. The zero-order valence-electron chi connectivity index (χ0n) is 15.1. The van der Waals surface area contributed by atoms with Gasteiger partial charge in [-0.15, -0.1) is 0 Å². The molecule has 1 amide bonds. The summed E-state index contributed by atoms with van der Waals surface area (Å²) in [5, 5.41) is 2.86. The number of carbonyl (C=O) groups excluding carboxylic acids is 1. The van der Waals surface area contributed by atoms with Crippen molar-refractivity contribution >= 4 is 11.7 Å². The van der Waals surface area contributed by atoms with Gasteiger partial charge in [-0.1, -0.05) is 25.1 Å². The summed E-state index contributed by atoms with van der Waals surface area (Å²) in [4.78, 5) is 18.7. The summed E-state index contributed by atoms with van der Waals surface area (Å²) >= 11 is 0. The molecule has 3 rings (SSSR count). The van der Waals surface area contributed by atoms with Crippen molar-refractivity contribution in [2.24, 2.45) is 0 Å². The van der Waals surface area contributed by atoms with E-state index in [2.05, 4.69) is 22.1 Å². The fourth-order valence-electron chi connectivity index (χ4n) is 2.76. The van der Waals surface area contributed by atoms with Gasteiger partial charge in [0.1, 0.15) is 11.6 Å². The van der Waals surface area contributed by atoms with Crippen LogP contribution in [-0.2, 0) is 22.5 Å². The summed E-state index contributed by atoms with van der Waals surface area (Å²) in [6.45, 7) is 5.73. The molecule has 1 aliphatic rings. The maximum atomic E-state index is 12.0. The van der Waals surface area contributed by atoms with Crippen molar-refractivity contribution in [3.05, 3.63) is 53.7 Å². The number of hydrogen-bond acceptors (Lipinski definition) is 5. The van der Waals surface area contributed by atoms with E-state index in [1.807, 2.05) is 36.4 Å². The molecule has 1 aromatic heterocycles. The number of aromatic nitrogens is 1. The summed E-state index contributed by atoms with van der Waals surface area (Å²) in [6.07, 6.45) is 2.74. The predicted molar refractivity (Wildman–Crippen MR) is 100 cm³/mol. The molecule has 1 saturated heterocycles. The molecule has 0 unspecified atom stereocenters. The molecule has 0 saturated carbocycles. The molecule has 1 aliphatic heterocycles. The minimum atomic E-state index is -0.149. The van der Waals surface area contributed by atoms with Crippen molar-refractivity contribution in [2.45, 2.75) is 19.9 Å². The van der Waals surface area contributed by atoms with Crippen molar-refractivity contribution in [1.29, 1.82) is 0 Å². The summed E-state index contributed by atoms with van der Waals surface area (Å²) in [5.74, 6) is 1.52. The van der Waals surface area contributed by atoms with Crippen molar-refractivity contribution in [2.75, 3.05) is 37.8 Å². The Morgan fingerprint density at radius 3 is 2.81 bits per heavy atom. The van der Waals surface area contributed by atoms with Gasteiger partial charge >= 0.3 is 0 Å². The van der Waals surface area contributed by atoms with Crippen molar-refractivity contribution in [1.82, 2.24) is 10.3 Å². The molecule has 0 radical (unpaired) electrons. The minimum Gasteiger partial charge on any atom is -0.484 e. The summed E-state index contributed by atoms with van der Waals surface area (Å²) in [7, 11) is 0. The van der Waals surface area contributed by atoms with Gasteiger partial charge in [-0.25, -0.2) is 4.98 Å². The Labute approximate surface area is 154 Å². The number of nitrogens with zero attached hydrogens (tertiary/aromatic N) is 2. The van der Waals surface area contributed by atoms with Gasteiger partial charge in [0.25, 0.3) is 5.91 Å². The van der Waals surface area contributed by atoms with Crippen LogP contribution < -0.4 is 15.0 Å². The Hall–Kier alpha value is -2.60. The second-order valence-electron chi connectivity index (χ2n) is 6.19. The SMILES string of the molecule is CCc1cccc(OCC(=O)NCc2ccc(N3CCOCC3)nc2)c1. The van der Waals surface area contributed by atoms with Crippen LogP contribution in [-0.4, -0.2) is 43.8 Å². The predicted octanol–water partition coefficient (Wildman–Crippen LogP) is 2.18. The number of carbonyl (C=O) groups is 1. The van der Waals surface area contributed by atoms with Crippen LogP contribution >= 0.6 is 0 Å². The van der Waals surface area contributed by atoms with Crippen LogP contribution in [0.2, 0.25) is 0 Å². The molecule has 0 aliphatic carbocycles. The number of benzene rings is 1. The Balaban J connectivity index is 1.43. The molecule has 26 heavy (non-hydrogen) atoms. The number of pyridine rings is 1. The van der Waals surface area contributed by atoms with Gasteiger partial charge in [-0.05, 0) is 35.7 Å². The number of aryl methyl sites for hydroxylation is 1. The normalized spacial score (nSPS) is 14.1. The quantitative estimate of drug-likeness (QED) is 0.825. The molecule has 6 nitrogen and oxygen atoms in total. The number of anilines is 1. The average molecular weight is 355 g/mol. The monoisotopic (exact) mass is 355 g/mol. The first-order valence-electron chi connectivity index (χ1n) is 9.00. The van der Waals surface area contributed by atoms with E-state index in [1.165, 1.54) is 5.56 Å². The van der Waals surface area contributed by atoms with Crippen LogP contribution in [0.15, 0.2) is 42.6 Å². The molecular weight excluding hydrogens is 330 g/mol. The van der Waals surface area contributed by atoms with Crippen LogP contribution in [0.3, 0.4) is 0 Å². The highest BCUT2D eigenvalue weighted by Crippen LogP contribution is 2.14. The van der Waals surface area contributed by atoms with Gasteiger partial charge < -0.3 is 19.7 Å². The van der Waals surface area contributed by atoms with Crippen LogP contribution in [0.25, 0.3) is 0 Å². The highest BCUT2D eigenvalue weighted by Gasteiger charge is 2.12. The zero-order chi connectivity index (χ0) is 18.2. The minimum absolute atomic E-state index is 0.00641. The van der Waals surface area contributed by atoms with Crippen LogP contribution in [0.4, 0.5) is 5.82 Å². The smallest absolute Gasteiger partial charge is 0.258 e. The lowest BCUT2D eigenvalue weighted by Gasteiger charge is -2.27. The van der Waals surface area contributed by atoms with Gasteiger partial charge in [0, 0.05) is 25.8 Å². The lowest BCUT2D eigenvalue weighted by molar-refractivity contribution is -0.123. The Bertz CT molecular complexity index is 712. The molecule has 1 aromatic carbocycles. The van der Waals surface area contributed by atoms with Gasteiger partial charge in [0.05, 0.1) is 13.2 Å². The second-order valence-corrected chi connectivity index (χ2v) is 6.19. The highest BCUT2D eigenvalue weighted by atomic mass is 16.5. The molecule has 0 atom stereocenters. The third kappa shape index (κ3) is 5.20. The fraction of sp³-hybridized carbons (Fsp3) is 0.400. The number of hydrogen-bond donors (Lipinski definition) is 1. The van der Waals surface area contributed by atoms with Gasteiger partial charge in [0.15, 0.2) is 6.61 Å². The van der Waals surface area contributed by atoms with E-state index in [-0.39, 0.29) is 12.5 Å². The lowest BCUT2D eigenvalue weighted by atomic mass is 10.2. The first kappa shape index (κ1) is 18.2. The number of amides is 1. The fourth-order valence-corrected chi connectivity index (χ4v) is 2.76. The largest absolute Gasteiger partial charge is 0.484 e. The molecule has 1 N–H and O–H groups in total. The van der Waals surface area contributed by atoms with Crippen molar-refractivity contribution < 1.29 is 14.3 Å². The van der Waals surface area contributed by atoms with Gasteiger partial charge in [-0.2, -0.15) is 0 Å². The van der Waals surface area contributed by atoms with E-state index in [9.17, 15) is 4.79 Å². The summed E-state index contributed by atoms with van der Waals surface area (Å²) < 4.78 is 10.9. The number of morpholine rings is 1. The first-order chi connectivity index (χ1) is 12.7. The summed E-state index contributed by atoms with van der Waals surface area (Å²) in [6, 6.07) is 11.8. The van der Waals surface area contributed by atoms with Gasteiger partial charge in [0.2, 0.25) is 0 Å². The van der Waals surface area contributed by atoms with Crippen LogP contribution in [0.1, 0.15) is 18.1 Å². The molecule has 1 fully saturated rings. The molecular formula is C20H25N3O3. The van der Waals surface area contributed by atoms with E-state index < -0.39 is 0 Å². The van der Waals surface area contributed by atoms with E-state index in [4.69, 9.17) is 9.47 Å². The van der Waals surface area contributed by atoms with E-state index in [1.54, 1.807) is 6.20 Å². The topological polar surface area (TPSA) is 63.7 Å². The third-order valence-corrected chi connectivity index (χ3v) is 4.31. The molecule has 138 valence electrons. The van der Waals surface area contributed by atoms with Crippen LogP contribution in [0.5, 0.6) is 5.75 Å². The number of rotatable bonds is 7.